The molecule has 2 amide bonds. The summed E-state index contributed by atoms with van der Waals surface area (Å²) in [6, 6.07) is 29.7. The van der Waals surface area contributed by atoms with Gasteiger partial charge >= 0.3 is 0 Å². The Balaban J connectivity index is 1.31. The van der Waals surface area contributed by atoms with Crippen LogP contribution < -0.4 is 29.2 Å². The van der Waals surface area contributed by atoms with Gasteiger partial charge in [0.2, 0.25) is 0 Å². The molecule has 0 radical (unpaired) electrons. The maximum atomic E-state index is 13.3. The molecule has 1 aliphatic heterocycles. The number of nitrogens with zero attached hydrogens (tertiary/aromatic N) is 1. The number of para-hydroxylation sites is 1. The lowest BCUT2D eigenvalue weighted by atomic mass is 10.1. The zero-order valence-corrected chi connectivity index (χ0v) is 24.6. The summed E-state index contributed by atoms with van der Waals surface area (Å²) < 4.78 is 23.5. The first-order valence-corrected chi connectivity index (χ1v) is 14.1. The second-order valence-corrected chi connectivity index (χ2v) is 9.87. The number of carbonyl (C=O) groups excluding carboxylic acids is 2. The first-order valence-electron chi connectivity index (χ1n) is 13.7. The number of amides is 2. The van der Waals surface area contributed by atoms with Crippen molar-refractivity contribution >= 4 is 40.9 Å². The minimum absolute atomic E-state index is 0.0320. The van der Waals surface area contributed by atoms with Gasteiger partial charge in [-0.25, -0.2) is 0 Å². The molecular formula is C34H30N2O6S. The van der Waals surface area contributed by atoms with Crippen LogP contribution in [0.4, 0.5) is 5.69 Å². The minimum atomic E-state index is -0.564. The first kappa shape index (κ1) is 29.3. The Morgan fingerprint density at radius 1 is 0.744 bits per heavy atom. The predicted molar refractivity (Wildman–Crippen MR) is 168 cm³/mol. The van der Waals surface area contributed by atoms with Crippen molar-refractivity contribution < 1.29 is 28.5 Å². The molecule has 0 aromatic heterocycles. The van der Waals surface area contributed by atoms with Crippen molar-refractivity contribution in [2.75, 3.05) is 18.6 Å². The number of benzene rings is 4. The third-order valence-electron chi connectivity index (χ3n) is 6.55. The van der Waals surface area contributed by atoms with E-state index in [-0.39, 0.29) is 17.3 Å². The molecule has 1 heterocycles. The average Bonchev–Trinajstić information content (AvgIpc) is 3.03. The summed E-state index contributed by atoms with van der Waals surface area (Å²) in [5, 5.41) is 2.63. The van der Waals surface area contributed by atoms with E-state index in [1.165, 1.54) is 11.0 Å². The van der Waals surface area contributed by atoms with E-state index in [2.05, 4.69) is 5.32 Å². The van der Waals surface area contributed by atoms with Crippen molar-refractivity contribution in [1.82, 2.24) is 5.32 Å². The maximum absolute atomic E-state index is 13.3. The highest BCUT2D eigenvalue weighted by atomic mass is 32.1. The van der Waals surface area contributed by atoms with E-state index in [0.29, 0.717) is 47.5 Å². The number of hydrogen-bond acceptors (Lipinski definition) is 7. The van der Waals surface area contributed by atoms with Gasteiger partial charge in [-0.1, -0.05) is 60.7 Å². The van der Waals surface area contributed by atoms with Crippen LogP contribution in [0.25, 0.3) is 6.08 Å². The Morgan fingerprint density at radius 3 is 2.09 bits per heavy atom. The van der Waals surface area contributed by atoms with Gasteiger partial charge in [0.05, 0.1) is 19.4 Å². The van der Waals surface area contributed by atoms with E-state index < -0.39 is 11.8 Å². The van der Waals surface area contributed by atoms with Crippen LogP contribution in [0.2, 0.25) is 0 Å². The highest BCUT2D eigenvalue weighted by Crippen LogP contribution is 2.33. The molecule has 0 unspecified atom stereocenters. The van der Waals surface area contributed by atoms with Crippen molar-refractivity contribution in [3.8, 4) is 23.0 Å². The molecular weight excluding hydrogens is 564 g/mol. The number of nitrogens with one attached hydrogen (secondary N) is 1. The maximum Gasteiger partial charge on any atom is 0.270 e. The SMILES string of the molecule is CCOc1cc(/C=C2/C(=O)NC(=S)N(c3ccccc3)C2=O)ccc1OCc1ccc(OCc2ccccc2)c(OC)c1. The van der Waals surface area contributed by atoms with Crippen LogP contribution in [0.15, 0.2) is 103 Å². The van der Waals surface area contributed by atoms with Crippen LogP contribution in [0.1, 0.15) is 23.6 Å². The van der Waals surface area contributed by atoms with Gasteiger partial charge < -0.3 is 18.9 Å². The molecule has 0 spiro atoms. The normalized spacial score (nSPS) is 14.0. The summed E-state index contributed by atoms with van der Waals surface area (Å²) in [5.41, 5.74) is 3.05. The fraction of sp³-hybridized carbons (Fsp3) is 0.147. The van der Waals surface area contributed by atoms with Gasteiger partial charge in [-0.15, -0.1) is 0 Å². The first-order chi connectivity index (χ1) is 21.0. The van der Waals surface area contributed by atoms with Gasteiger partial charge in [0.15, 0.2) is 28.1 Å². The Bertz CT molecular complexity index is 1660. The second-order valence-electron chi connectivity index (χ2n) is 9.48. The molecule has 9 heteroatoms. The Hall–Kier alpha value is -5.15. The molecule has 5 rings (SSSR count). The van der Waals surface area contributed by atoms with Crippen LogP contribution in [-0.4, -0.2) is 30.6 Å². The monoisotopic (exact) mass is 594 g/mol. The number of thiocarbonyl (C=S) groups is 1. The van der Waals surface area contributed by atoms with Crippen LogP contribution in [0.5, 0.6) is 23.0 Å². The van der Waals surface area contributed by atoms with Crippen molar-refractivity contribution in [1.29, 1.82) is 0 Å². The smallest absolute Gasteiger partial charge is 0.270 e. The van der Waals surface area contributed by atoms with Crippen LogP contribution in [0, 0.1) is 0 Å². The highest BCUT2D eigenvalue weighted by molar-refractivity contribution is 7.80. The van der Waals surface area contributed by atoms with E-state index in [1.807, 2.05) is 61.5 Å². The fourth-order valence-corrected chi connectivity index (χ4v) is 4.74. The zero-order valence-electron chi connectivity index (χ0n) is 23.7. The summed E-state index contributed by atoms with van der Waals surface area (Å²) in [4.78, 5) is 27.3. The number of hydrogen-bond donors (Lipinski definition) is 1. The molecule has 1 fully saturated rings. The van der Waals surface area contributed by atoms with Gasteiger partial charge in [0.25, 0.3) is 11.8 Å². The van der Waals surface area contributed by atoms with Gasteiger partial charge in [-0.3, -0.25) is 19.8 Å². The highest BCUT2D eigenvalue weighted by Gasteiger charge is 2.34. The Labute approximate surface area is 255 Å². The summed E-state index contributed by atoms with van der Waals surface area (Å²) in [5.74, 6) is 1.15. The average molecular weight is 595 g/mol. The zero-order chi connectivity index (χ0) is 30.2. The molecule has 0 atom stereocenters. The van der Waals surface area contributed by atoms with Crippen LogP contribution in [-0.2, 0) is 22.8 Å². The lowest BCUT2D eigenvalue weighted by molar-refractivity contribution is -0.122. The van der Waals surface area contributed by atoms with Crippen molar-refractivity contribution in [2.45, 2.75) is 20.1 Å². The number of ether oxygens (including phenoxy) is 4. The lowest BCUT2D eigenvalue weighted by Crippen LogP contribution is -2.54. The number of methoxy groups -OCH3 is 1. The van der Waals surface area contributed by atoms with E-state index in [1.54, 1.807) is 49.6 Å². The molecule has 0 saturated carbocycles. The van der Waals surface area contributed by atoms with Gasteiger partial charge in [0.1, 0.15) is 18.8 Å². The molecule has 43 heavy (non-hydrogen) atoms. The summed E-state index contributed by atoms with van der Waals surface area (Å²) in [6.45, 7) is 2.94. The summed E-state index contributed by atoms with van der Waals surface area (Å²) in [7, 11) is 1.60. The van der Waals surface area contributed by atoms with Crippen molar-refractivity contribution in [2.24, 2.45) is 0 Å². The minimum Gasteiger partial charge on any atom is -0.493 e. The van der Waals surface area contributed by atoms with Crippen LogP contribution >= 0.6 is 12.2 Å². The molecule has 1 N–H and O–H groups in total. The lowest BCUT2D eigenvalue weighted by Gasteiger charge is -2.28. The largest absolute Gasteiger partial charge is 0.493 e. The molecule has 8 nitrogen and oxygen atoms in total. The molecule has 0 bridgehead atoms. The third-order valence-corrected chi connectivity index (χ3v) is 6.84. The van der Waals surface area contributed by atoms with E-state index >= 15 is 0 Å². The fourth-order valence-electron chi connectivity index (χ4n) is 4.46. The van der Waals surface area contributed by atoms with Crippen LogP contribution in [0.3, 0.4) is 0 Å². The van der Waals surface area contributed by atoms with E-state index in [4.69, 9.17) is 31.2 Å². The van der Waals surface area contributed by atoms with E-state index in [9.17, 15) is 9.59 Å². The third kappa shape index (κ3) is 7.02. The number of carbonyl (C=O) groups is 2. The number of rotatable bonds is 11. The van der Waals surface area contributed by atoms with Gasteiger partial charge in [-0.2, -0.15) is 0 Å². The Kier molecular flexibility index (Phi) is 9.33. The standard InChI is InChI=1S/C34H30N2O6S/c1-3-40-31-19-24(18-27-32(37)35-34(43)36(33(27)38)26-12-8-5-9-13-26)14-16-29(31)42-22-25-15-17-28(30(20-25)39-2)41-21-23-10-6-4-7-11-23/h4-20H,3,21-22H2,1-2H3,(H,35,37,43)/b27-18-. The molecule has 4 aromatic carbocycles. The predicted octanol–water partition coefficient (Wildman–Crippen LogP) is 6.08. The molecule has 218 valence electrons. The topological polar surface area (TPSA) is 86.3 Å². The summed E-state index contributed by atoms with van der Waals surface area (Å²) >= 11 is 5.27. The van der Waals surface area contributed by atoms with Gasteiger partial charge in [-0.05, 0) is 78.3 Å². The number of anilines is 1. The molecule has 4 aromatic rings. The van der Waals surface area contributed by atoms with Crippen molar-refractivity contribution in [3.63, 3.8) is 0 Å². The molecule has 0 aliphatic carbocycles. The van der Waals surface area contributed by atoms with Crippen molar-refractivity contribution in [3.05, 3.63) is 119 Å². The van der Waals surface area contributed by atoms with E-state index in [0.717, 1.165) is 11.1 Å². The molecule has 1 aliphatic rings. The van der Waals surface area contributed by atoms with Gasteiger partial charge in [0, 0.05) is 0 Å². The quantitative estimate of drug-likeness (QED) is 0.128. The summed E-state index contributed by atoms with van der Waals surface area (Å²) in [6.07, 6.45) is 1.51. The second kappa shape index (κ2) is 13.7. The molecule has 1 saturated heterocycles. The Morgan fingerprint density at radius 2 is 1.40 bits per heavy atom.